The summed E-state index contributed by atoms with van der Waals surface area (Å²) in [6.45, 7) is 6.29. The number of ether oxygens (including phenoxy) is 1. The molecule has 2 aromatic rings. The molecule has 1 atom stereocenters. The Kier molecular flexibility index (Phi) is 4.14. The van der Waals surface area contributed by atoms with Gasteiger partial charge in [0.25, 0.3) is 0 Å². The molecule has 0 N–H and O–H groups in total. The van der Waals surface area contributed by atoms with E-state index in [2.05, 4.69) is 44.2 Å². The van der Waals surface area contributed by atoms with E-state index in [9.17, 15) is 9.59 Å². The van der Waals surface area contributed by atoms with Crippen LogP contribution < -0.4 is 4.90 Å². The van der Waals surface area contributed by atoms with E-state index in [0.29, 0.717) is 18.6 Å². The number of aryl methyl sites for hydroxylation is 1. The first-order valence-electron chi connectivity index (χ1n) is 9.37. The number of anilines is 1. The molecule has 138 valence electrons. The van der Waals surface area contributed by atoms with Crippen molar-refractivity contribution >= 4 is 23.1 Å². The molecule has 2 aliphatic rings. The van der Waals surface area contributed by atoms with Gasteiger partial charge in [-0.2, -0.15) is 0 Å². The number of carbonyl (C=O) groups is 2. The molecular formula is C23H23NO3. The smallest absolute Gasteiger partial charge is 0.338 e. The number of rotatable bonds is 3. The summed E-state index contributed by atoms with van der Waals surface area (Å²) in [6, 6.07) is 13.8. The molecular weight excluding hydrogens is 338 g/mol. The van der Waals surface area contributed by atoms with E-state index in [1.54, 1.807) is 13.0 Å². The fourth-order valence-corrected chi connectivity index (χ4v) is 4.06. The molecule has 4 nitrogen and oxygen atoms in total. The van der Waals surface area contributed by atoms with Gasteiger partial charge in [-0.05, 0) is 56.5 Å². The highest BCUT2D eigenvalue weighted by Gasteiger charge is 2.45. The van der Waals surface area contributed by atoms with Gasteiger partial charge >= 0.3 is 5.97 Å². The van der Waals surface area contributed by atoms with Crippen LogP contribution in [-0.2, 0) is 9.53 Å². The Morgan fingerprint density at radius 3 is 2.63 bits per heavy atom. The summed E-state index contributed by atoms with van der Waals surface area (Å²) in [4.78, 5) is 26.7. The van der Waals surface area contributed by atoms with Crippen molar-refractivity contribution < 1.29 is 14.3 Å². The van der Waals surface area contributed by atoms with Crippen molar-refractivity contribution in [2.75, 3.05) is 11.5 Å². The lowest BCUT2D eigenvalue weighted by molar-refractivity contribution is -0.117. The summed E-state index contributed by atoms with van der Waals surface area (Å²) in [5.74, 6) is -0.216. The molecule has 2 aliphatic heterocycles. The van der Waals surface area contributed by atoms with Crippen molar-refractivity contribution in [3.05, 3.63) is 70.8 Å². The van der Waals surface area contributed by atoms with Crippen LogP contribution in [0.4, 0.5) is 5.69 Å². The standard InChI is InChI=1S/C23H23NO3/c1-4-27-22(26)17-9-10-20-18(13-17)19(16-7-5-15(2)6-8-16)14-23(3)12-11-21(25)24(20)23/h5-10,13-14H,4,11-12H2,1-3H3. The molecule has 2 aromatic carbocycles. The Bertz CT molecular complexity index is 958. The molecule has 0 saturated carbocycles. The Balaban J connectivity index is 1.91. The van der Waals surface area contributed by atoms with Crippen molar-refractivity contribution in [2.24, 2.45) is 0 Å². The lowest BCUT2D eigenvalue weighted by Gasteiger charge is -2.39. The van der Waals surface area contributed by atoms with Crippen molar-refractivity contribution in [2.45, 2.75) is 39.2 Å². The maximum Gasteiger partial charge on any atom is 0.338 e. The maximum absolute atomic E-state index is 12.6. The summed E-state index contributed by atoms with van der Waals surface area (Å²) in [6.07, 6.45) is 3.51. The van der Waals surface area contributed by atoms with Crippen LogP contribution in [0.3, 0.4) is 0 Å². The second-order valence-electron chi connectivity index (χ2n) is 7.46. The summed E-state index contributed by atoms with van der Waals surface area (Å²) < 4.78 is 5.16. The first-order chi connectivity index (χ1) is 12.9. The molecule has 0 aliphatic carbocycles. The minimum absolute atomic E-state index is 0.127. The third kappa shape index (κ3) is 2.85. The van der Waals surface area contributed by atoms with Gasteiger partial charge in [0, 0.05) is 12.0 Å². The molecule has 4 heteroatoms. The van der Waals surface area contributed by atoms with Gasteiger partial charge in [0.2, 0.25) is 5.91 Å². The van der Waals surface area contributed by atoms with Crippen LogP contribution in [0.2, 0.25) is 0 Å². The lowest BCUT2D eigenvalue weighted by Crippen LogP contribution is -2.44. The summed E-state index contributed by atoms with van der Waals surface area (Å²) in [7, 11) is 0. The number of nitrogens with zero attached hydrogens (tertiary/aromatic N) is 1. The fraction of sp³-hybridized carbons (Fsp3) is 0.304. The van der Waals surface area contributed by atoms with E-state index < -0.39 is 0 Å². The number of hydrogen-bond acceptors (Lipinski definition) is 3. The molecule has 1 fully saturated rings. The summed E-state index contributed by atoms with van der Waals surface area (Å²) in [5.41, 5.74) is 5.27. The number of carbonyl (C=O) groups excluding carboxylic acids is 2. The van der Waals surface area contributed by atoms with E-state index >= 15 is 0 Å². The van der Waals surface area contributed by atoms with Gasteiger partial charge < -0.3 is 9.64 Å². The predicted octanol–water partition coefficient (Wildman–Crippen LogP) is 4.50. The first-order valence-corrected chi connectivity index (χ1v) is 9.37. The Hall–Kier alpha value is -2.88. The molecule has 4 rings (SSSR count). The number of amides is 1. The Morgan fingerprint density at radius 2 is 1.93 bits per heavy atom. The molecule has 2 heterocycles. The molecule has 0 radical (unpaired) electrons. The van der Waals surface area contributed by atoms with Gasteiger partial charge in [0.15, 0.2) is 0 Å². The van der Waals surface area contributed by atoms with Gasteiger partial charge in [0.1, 0.15) is 0 Å². The third-order valence-electron chi connectivity index (χ3n) is 5.46. The van der Waals surface area contributed by atoms with Crippen molar-refractivity contribution in [3.63, 3.8) is 0 Å². The van der Waals surface area contributed by atoms with Gasteiger partial charge in [-0.1, -0.05) is 35.9 Å². The average Bonchev–Trinajstić information content (AvgIpc) is 2.96. The second-order valence-corrected chi connectivity index (χ2v) is 7.46. The highest BCUT2D eigenvalue weighted by molar-refractivity contribution is 6.06. The zero-order chi connectivity index (χ0) is 19.2. The van der Waals surface area contributed by atoms with E-state index in [4.69, 9.17) is 4.74 Å². The number of fused-ring (bicyclic) bond motifs is 3. The van der Waals surface area contributed by atoms with Gasteiger partial charge in [0.05, 0.1) is 23.4 Å². The van der Waals surface area contributed by atoms with Crippen molar-refractivity contribution in [1.29, 1.82) is 0 Å². The van der Waals surface area contributed by atoms with E-state index in [0.717, 1.165) is 28.8 Å². The molecule has 0 bridgehead atoms. The molecule has 27 heavy (non-hydrogen) atoms. The van der Waals surface area contributed by atoms with Gasteiger partial charge in [-0.3, -0.25) is 4.79 Å². The Morgan fingerprint density at radius 1 is 1.19 bits per heavy atom. The second kappa shape index (κ2) is 6.38. The van der Waals surface area contributed by atoms with Crippen LogP contribution in [0.25, 0.3) is 5.57 Å². The average molecular weight is 361 g/mol. The number of esters is 1. The molecule has 1 amide bonds. The summed E-state index contributed by atoms with van der Waals surface area (Å²) >= 11 is 0. The molecule has 1 saturated heterocycles. The lowest BCUT2D eigenvalue weighted by atomic mass is 9.83. The van der Waals surface area contributed by atoms with Crippen LogP contribution in [0.5, 0.6) is 0 Å². The SMILES string of the molecule is CCOC(=O)c1ccc2c(c1)C(c1ccc(C)cc1)=CC1(C)CCC(=O)N21. The van der Waals surface area contributed by atoms with Crippen LogP contribution in [0, 0.1) is 6.92 Å². The van der Waals surface area contributed by atoms with Crippen LogP contribution in [0.15, 0.2) is 48.5 Å². The van der Waals surface area contributed by atoms with E-state index in [1.165, 1.54) is 5.56 Å². The molecule has 0 aromatic heterocycles. The van der Waals surface area contributed by atoms with Crippen LogP contribution in [0.1, 0.15) is 53.7 Å². The zero-order valence-corrected chi connectivity index (χ0v) is 15.9. The van der Waals surface area contributed by atoms with E-state index in [-0.39, 0.29) is 17.4 Å². The highest BCUT2D eigenvalue weighted by Crippen LogP contribution is 2.47. The fourth-order valence-electron chi connectivity index (χ4n) is 4.06. The highest BCUT2D eigenvalue weighted by atomic mass is 16.5. The molecule has 1 unspecified atom stereocenters. The molecule has 0 spiro atoms. The van der Waals surface area contributed by atoms with Gasteiger partial charge in [-0.25, -0.2) is 4.79 Å². The predicted molar refractivity (Wildman–Crippen MR) is 106 cm³/mol. The Labute approximate surface area is 159 Å². The van der Waals surface area contributed by atoms with Crippen molar-refractivity contribution in [3.8, 4) is 0 Å². The van der Waals surface area contributed by atoms with Gasteiger partial charge in [-0.15, -0.1) is 0 Å². The third-order valence-corrected chi connectivity index (χ3v) is 5.46. The minimum Gasteiger partial charge on any atom is -0.462 e. The van der Waals surface area contributed by atoms with E-state index in [1.807, 2.05) is 17.0 Å². The topological polar surface area (TPSA) is 46.6 Å². The zero-order valence-electron chi connectivity index (χ0n) is 15.9. The normalized spacial score (nSPS) is 20.8. The summed E-state index contributed by atoms with van der Waals surface area (Å²) in [5, 5.41) is 0. The van der Waals surface area contributed by atoms with Crippen molar-refractivity contribution in [1.82, 2.24) is 0 Å². The largest absolute Gasteiger partial charge is 0.462 e. The monoisotopic (exact) mass is 361 g/mol. The quantitative estimate of drug-likeness (QED) is 0.756. The number of benzene rings is 2. The van der Waals surface area contributed by atoms with Crippen LogP contribution >= 0.6 is 0 Å². The minimum atomic E-state index is -0.343. The number of hydrogen-bond donors (Lipinski definition) is 0. The van der Waals surface area contributed by atoms with Crippen LogP contribution in [-0.4, -0.2) is 24.0 Å². The maximum atomic E-state index is 12.6. The first kappa shape index (κ1) is 17.5.